The second-order valence-corrected chi connectivity index (χ2v) is 8.19. The summed E-state index contributed by atoms with van der Waals surface area (Å²) in [6.45, 7) is 2.44. The number of hydrogen-bond acceptors (Lipinski definition) is 3. The summed E-state index contributed by atoms with van der Waals surface area (Å²) < 4.78 is 18.9. The van der Waals surface area contributed by atoms with Crippen LogP contribution in [0.5, 0.6) is 0 Å². The summed E-state index contributed by atoms with van der Waals surface area (Å²) in [5.74, 6) is 0.690. The molecule has 0 saturated heterocycles. The lowest BCUT2D eigenvalue weighted by Crippen LogP contribution is -2.22. The first-order valence-electron chi connectivity index (χ1n) is 8.08. The molecule has 6 heteroatoms. The van der Waals surface area contributed by atoms with Crippen molar-refractivity contribution in [1.82, 2.24) is 5.32 Å². The van der Waals surface area contributed by atoms with Gasteiger partial charge in [0.1, 0.15) is 5.76 Å². The van der Waals surface area contributed by atoms with Gasteiger partial charge >= 0.3 is 0 Å². The van der Waals surface area contributed by atoms with Crippen molar-refractivity contribution in [3.05, 3.63) is 87.8 Å². The Morgan fingerprint density at radius 1 is 1.08 bits per heavy atom. The largest absolute Gasteiger partial charge is 0.455 e. The molecule has 1 N–H and O–H groups in total. The molecule has 26 heavy (non-hydrogen) atoms. The summed E-state index contributed by atoms with van der Waals surface area (Å²) >= 11 is 3.35. The molecular weight excluding hydrogens is 414 g/mol. The molecule has 0 aliphatic rings. The minimum atomic E-state index is -1.23. The Hall–Kier alpha value is -2.18. The molecule has 0 radical (unpaired) electrons. The number of hydrogen-bond donors (Lipinski definition) is 1. The standard InChI is InChI=1S/C20H18BrNO3S/c1-14-4-2-3-5-15(14)12-22-20(23)19-11-8-17(25-19)13-26(24)18-9-6-16(21)7-10-18/h2-11H,12-13H2,1H3,(H,22,23)/t26-/m1/s1. The lowest BCUT2D eigenvalue weighted by atomic mass is 10.1. The van der Waals surface area contributed by atoms with Crippen molar-refractivity contribution in [1.29, 1.82) is 0 Å². The van der Waals surface area contributed by atoms with Crippen LogP contribution < -0.4 is 5.32 Å². The number of benzene rings is 2. The van der Waals surface area contributed by atoms with E-state index in [1.54, 1.807) is 24.3 Å². The summed E-state index contributed by atoms with van der Waals surface area (Å²) in [7, 11) is -1.23. The van der Waals surface area contributed by atoms with Crippen LogP contribution in [0.15, 0.2) is 74.4 Å². The lowest BCUT2D eigenvalue weighted by Gasteiger charge is -2.06. The van der Waals surface area contributed by atoms with E-state index in [1.165, 1.54) is 0 Å². The van der Waals surface area contributed by atoms with Gasteiger partial charge in [0.05, 0.1) is 16.6 Å². The van der Waals surface area contributed by atoms with Crippen molar-refractivity contribution in [2.45, 2.75) is 24.1 Å². The van der Waals surface area contributed by atoms with E-state index in [1.807, 2.05) is 43.3 Å². The van der Waals surface area contributed by atoms with Gasteiger partial charge in [-0.1, -0.05) is 40.2 Å². The predicted molar refractivity (Wildman–Crippen MR) is 105 cm³/mol. The van der Waals surface area contributed by atoms with Crippen molar-refractivity contribution in [3.63, 3.8) is 0 Å². The van der Waals surface area contributed by atoms with Crippen LogP contribution in [-0.4, -0.2) is 10.1 Å². The number of carbonyl (C=O) groups excluding carboxylic acids is 1. The van der Waals surface area contributed by atoms with E-state index in [4.69, 9.17) is 4.42 Å². The summed E-state index contributed by atoms with van der Waals surface area (Å²) in [5.41, 5.74) is 2.18. The zero-order valence-electron chi connectivity index (χ0n) is 14.2. The van der Waals surface area contributed by atoms with E-state index in [0.717, 1.165) is 20.5 Å². The number of rotatable bonds is 6. The molecule has 1 atom stereocenters. The molecule has 3 aromatic rings. The number of nitrogens with one attached hydrogen (secondary N) is 1. The topological polar surface area (TPSA) is 59.3 Å². The molecule has 2 aromatic carbocycles. The third kappa shape index (κ3) is 4.71. The van der Waals surface area contributed by atoms with E-state index < -0.39 is 10.8 Å². The Morgan fingerprint density at radius 2 is 1.81 bits per heavy atom. The average Bonchev–Trinajstić information content (AvgIpc) is 3.10. The third-order valence-corrected chi connectivity index (χ3v) is 5.81. The maximum atomic E-state index is 12.4. The average molecular weight is 432 g/mol. The Morgan fingerprint density at radius 3 is 2.54 bits per heavy atom. The number of carbonyl (C=O) groups is 1. The molecule has 0 bridgehead atoms. The van der Waals surface area contributed by atoms with E-state index in [9.17, 15) is 9.00 Å². The fourth-order valence-electron chi connectivity index (χ4n) is 2.45. The molecule has 0 aliphatic carbocycles. The fourth-order valence-corrected chi connectivity index (χ4v) is 3.73. The van der Waals surface area contributed by atoms with Crippen LogP contribution in [0.25, 0.3) is 0 Å². The van der Waals surface area contributed by atoms with Gasteiger partial charge in [0.25, 0.3) is 5.91 Å². The second-order valence-electron chi connectivity index (χ2n) is 5.82. The maximum Gasteiger partial charge on any atom is 0.287 e. The number of halogens is 1. The number of furan rings is 1. The highest BCUT2D eigenvalue weighted by atomic mass is 79.9. The fraction of sp³-hybridized carbons (Fsp3) is 0.150. The Kier molecular flexibility index (Phi) is 6.06. The predicted octanol–water partition coefficient (Wildman–Crippen LogP) is 4.59. The second kappa shape index (κ2) is 8.47. The highest BCUT2D eigenvalue weighted by Gasteiger charge is 2.14. The summed E-state index contributed by atoms with van der Waals surface area (Å²) in [6, 6.07) is 18.5. The molecule has 4 nitrogen and oxygen atoms in total. The highest BCUT2D eigenvalue weighted by Crippen LogP contribution is 2.18. The quantitative estimate of drug-likeness (QED) is 0.620. The van der Waals surface area contributed by atoms with Crippen molar-refractivity contribution in [3.8, 4) is 0 Å². The Balaban J connectivity index is 1.60. The first-order valence-corrected chi connectivity index (χ1v) is 10.2. The summed E-state index contributed by atoms with van der Waals surface area (Å²) in [4.78, 5) is 13.0. The van der Waals surface area contributed by atoms with Gasteiger partial charge < -0.3 is 9.73 Å². The van der Waals surface area contributed by atoms with Crippen molar-refractivity contribution >= 4 is 32.6 Å². The molecule has 134 valence electrons. The smallest absolute Gasteiger partial charge is 0.287 e. The SMILES string of the molecule is Cc1ccccc1CNC(=O)c1ccc(C[S@@](=O)c2ccc(Br)cc2)o1. The Labute approximate surface area is 163 Å². The van der Waals surface area contributed by atoms with Gasteiger partial charge in [-0.05, 0) is 54.4 Å². The van der Waals surface area contributed by atoms with Gasteiger partial charge in [0.15, 0.2) is 5.76 Å². The molecule has 0 aliphatic heterocycles. The van der Waals surface area contributed by atoms with Crippen LogP contribution in [0.2, 0.25) is 0 Å². The van der Waals surface area contributed by atoms with Crippen LogP contribution in [0, 0.1) is 6.92 Å². The van der Waals surface area contributed by atoms with Crippen LogP contribution in [0.4, 0.5) is 0 Å². The minimum absolute atomic E-state index is 0.224. The minimum Gasteiger partial charge on any atom is -0.455 e. The number of aryl methyl sites for hydroxylation is 1. The molecule has 0 saturated carbocycles. The van der Waals surface area contributed by atoms with E-state index in [0.29, 0.717) is 12.3 Å². The summed E-state index contributed by atoms with van der Waals surface area (Å²) in [5, 5.41) is 2.85. The van der Waals surface area contributed by atoms with Crippen LogP contribution >= 0.6 is 15.9 Å². The van der Waals surface area contributed by atoms with Crippen molar-refractivity contribution in [2.24, 2.45) is 0 Å². The molecule has 1 aromatic heterocycles. The van der Waals surface area contributed by atoms with Gasteiger partial charge in [-0.15, -0.1) is 0 Å². The Bertz CT molecular complexity index is 934. The lowest BCUT2D eigenvalue weighted by molar-refractivity contribution is 0.0921. The first kappa shape index (κ1) is 18.6. The molecule has 1 amide bonds. The molecule has 3 rings (SSSR count). The molecule has 1 heterocycles. The highest BCUT2D eigenvalue weighted by molar-refractivity contribution is 9.10. The van der Waals surface area contributed by atoms with Crippen LogP contribution in [0.3, 0.4) is 0 Å². The zero-order chi connectivity index (χ0) is 18.5. The van der Waals surface area contributed by atoms with Crippen molar-refractivity contribution < 1.29 is 13.4 Å². The number of amides is 1. The molecular formula is C20H18BrNO3S. The van der Waals surface area contributed by atoms with Gasteiger partial charge in [0, 0.05) is 15.9 Å². The molecule has 0 spiro atoms. The van der Waals surface area contributed by atoms with Gasteiger partial charge in [0.2, 0.25) is 0 Å². The maximum absolute atomic E-state index is 12.4. The van der Waals surface area contributed by atoms with Gasteiger partial charge in [-0.3, -0.25) is 9.00 Å². The summed E-state index contributed by atoms with van der Waals surface area (Å²) in [6.07, 6.45) is 0. The van der Waals surface area contributed by atoms with Crippen LogP contribution in [0.1, 0.15) is 27.4 Å². The van der Waals surface area contributed by atoms with E-state index in [-0.39, 0.29) is 17.4 Å². The molecule has 0 unspecified atom stereocenters. The zero-order valence-corrected chi connectivity index (χ0v) is 16.6. The first-order chi connectivity index (χ1) is 12.5. The third-order valence-electron chi connectivity index (χ3n) is 3.94. The van der Waals surface area contributed by atoms with Crippen molar-refractivity contribution in [2.75, 3.05) is 0 Å². The van der Waals surface area contributed by atoms with Gasteiger partial charge in [-0.2, -0.15) is 0 Å². The molecule has 0 fully saturated rings. The van der Waals surface area contributed by atoms with Crippen LogP contribution in [-0.2, 0) is 23.1 Å². The monoisotopic (exact) mass is 431 g/mol. The van der Waals surface area contributed by atoms with Gasteiger partial charge in [-0.25, -0.2) is 0 Å². The van der Waals surface area contributed by atoms with E-state index >= 15 is 0 Å². The van der Waals surface area contributed by atoms with E-state index in [2.05, 4.69) is 21.2 Å². The normalized spacial score (nSPS) is 11.9.